The second-order valence-corrected chi connectivity index (χ2v) is 6.42. The number of nitrogens with zero attached hydrogens (tertiary/aromatic N) is 2. The number of pyridine rings is 1. The zero-order valence-corrected chi connectivity index (χ0v) is 14.6. The van der Waals surface area contributed by atoms with Crippen LogP contribution in [0.3, 0.4) is 0 Å². The van der Waals surface area contributed by atoms with Gasteiger partial charge in [0, 0.05) is 19.7 Å². The van der Waals surface area contributed by atoms with Crippen LogP contribution in [0.25, 0.3) is 0 Å². The van der Waals surface area contributed by atoms with E-state index in [1.165, 1.54) is 5.56 Å². The highest BCUT2D eigenvalue weighted by atomic mass is 16.2. The summed E-state index contributed by atoms with van der Waals surface area (Å²) in [5.74, 6) is -0.0730. The minimum absolute atomic E-state index is 0.00470. The summed E-state index contributed by atoms with van der Waals surface area (Å²) in [4.78, 5) is 30.7. The molecule has 0 fully saturated rings. The second kappa shape index (κ2) is 7.47. The number of fused-ring (bicyclic) bond motifs is 1. The third-order valence-electron chi connectivity index (χ3n) is 4.70. The van der Waals surface area contributed by atoms with Gasteiger partial charge in [-0.3, -0.25) is 14.6 Å². The molecule has 1 aliphatic heterocycles. The molecule has 2 unspecified atom stereocenters. The standard InChI is InChI=1S/C20H23N3O2/c1-14(18-9-5-6-11-21-18)22-20(25)13-19-17-8-4-3-7-16(17)10-12-23(19)15(2)24/h3-9,11,14,19H,10,12-13H2,1-2H3,(H,22,25). The molecule has 0 aliphatic carbocycles. The van der Waals surface area contributed by atoms with Gasteiger partial charge in [0.25, 0.3) is 0 Å². The molecule has 1 aliphatic rings. The molecule has 1 aromatic heterocycles. The van der Waals surface area contributed by atoms with Crippen molar-refractivity contribution in [3.05, 3.63) is 65.5 Å². The SMILES string of the molecule is CC(=O)N1CCc2ccccc2C1CC(=O)NC(C)c1ccccn1. The molecule has 0 saturated carbocycles. The second-order valence-electron chi connectivity index (χ2n) is 6.42. The van der Waals surface area contributed by atoms with E-state index in [1.54, 1.807) is 18.0 Å². The van der Waals surface area contributed by atoms with Gasteiger partial charge in [0.1, 0.15) is 0 Å². The predicted molar refractivity (Wildman–Crippen MR) is 95.7 cm³/mol. The van der Waals surface area contributed by atoms with E-state index >= 15 is 0 Å². The van der Waals surface area contributed by atoms with E-state index < -0.39 is 0 Å². The molecule has 2 amide bonds. The van der Waals surface area contributed by atoms with Crippen molar-refractivity contribution in [2.75, 3.05) is 6.54 Å². The molecule has 0 spiro atoms. The molecule has 0 bridgehead atoms. The van der Waals surface area contributed by atoms with Gasteiger partial charge < -0.3 is 10.2 Å². The number of hydrogen-bond donors (Lipinski definition) is 1. The Bertz CT molecular complexity index is 761. The molecule has 0 saturated heterocycles. The van der Waals surface area contributed by atoms with Gasteiger partial charge in [-0.1, -0.05) is 30.3 Å². The fraction of sp³-hybridized carbons (Fsp3) is 0.350. The van der Waals surface area contributed by atoms with Gasteiger partial charge in [-0.15, -0.1) is 0 Å². The van der Waals surface area contributed by atoms with Crippen LogP contribution in [0.15, 0.2) is 48.7 Å². The molecule has 5 heteroatoms. The van der Waals surface area contributed by atoms with Crippen LogP contribution in [-0.4, -0.2) is 28.2 Å². The van der Waals surface area contributed by atoms with Crippen LogP contribution in [0.2, 0.25) is 0 Å². The van der Waals surface area contributed by atoms with E-state index in [-0.39, 0.29) is 30.3 Å². The van der Waals surface area contributed by atoms with Crippen molar-refractivity contribution in [2.24, 2.45) is 0 Å². The molecule has 2 heterocycles. The first kappa shape index (κ1) is 17.1. The van der Waals surface area contributed by atoms with Gasteiger partial charge >= 0.3 is 0 Å². The molecule has 2 atom stereocenters. The van der Waals surface area contributed by atoms with Crippen LogP contribution < -0.4 is 5.32 Å². The summed E-state index contributed by atoms with van der Waals surface area (Å²) < 4.78 is 0. The predicted octanol–water partition coefficient (Wildman–Crippen LogP) is 2.79. The summed E-state index contributed by atoms with van der Waals surface area (Å²) in [5.41, 5.74) is 3.11. The van der Waals surface area contributed by atoms with Gasteiger partial charge in [-0.2, -0.15) is 0 Å². The van der Waals surface area contributed by atoms with Crippen LogP contribution in [0.4, 0.5) is 0 Å². The summed E-state index contributed by atoms with van der Waals surface area (Å²) in [5, 5.41) is 2.99. The Kier molecular flexibility index (Phi) is 5.12. The zero-order chi connectivity index (χ0) is 17.8. The summed E-state index contributed by atoms with van der Waals surface area (Å²) >= 11 is 0. The van der Waals surface area contributed by atoms with Crippen molar-refractivity contribution in [1.29, 1.82) is 0 Å². The van der Waals surface area contributed by atoms with Gasteiger partial charge in [0.15, 0.2) is 0 Å². The van der Waals surface area contributed by atoms with Gasteiger partial charge in [0.2, 0.25) is 11.8 Å². The van der Waals surface area contributed by atoms with Gasteiger partial charge in [-0.05, 0) is 36.6 Å². The van der Waals surface area contributed by atoms with Crippen molar-refractivity contribution >= 4 is 11.8 Å². The first-order chi connectivity index (χ1) is 12.1. The van der Waals surface area contributed by atoms with Gasteiger partial charge in [0.05, 0.1) is 24.2 Å². The smallest absolute Gasteiger partial charge is 0.222 e. The summed E-state index contributed by atoms with van der Waals surface area (Å²) in [6.07, 6.45) is 2.80. The molecule has 0 radical (unpaired) electrons. The Morgan fingerprint density at radius 3 is 2.72 bits per heavy atom. The molecule has 130 valence electrons. The normalized spacial score (nSPS) is 17.5. The number of amides is 2. The minimum atomic E-state index is -0.210. The lowest BCUT2D eigenvalue weighted by Gasteiger charge is -2.36. The van der Waals surface area contributed by atoms with Crippen LogP contribution in [0, 0.1) is 0 Å². The van der Waals surface area contributed by atoms with E-state index in [1.807, 2.05) is 43.3 Å². The molecular formula is C20H23N3O2. The average Bonchev–Trinajstić information content (AvgIpc) is 2.62. The van der Waals surface area contributed by atoms with Crippen LogP contribution in [0.5, 0.6) is 0 Å². The summed E-state index contributed by atoms with van der Waals surface area (Å²) in [6.45, 7) is 4.13. The average molecular weight is 337 g/mol. The maximum atomic E-state index is 12.6. The highest BCUT2D eigenvalue weighted by molar-refractivity contribution is 5.80. The van der Waals surface area contributed by atoms with E-state index in [0.717, 1.165) is 17.7 Å². The van der Waals surface area contributed by atoms with Crippen LogP contribution in [-0.2, 0) is 16.0 Å². The number of benzene rings is 1. The molecule has 5 nitrogen and oxygen atoms in total. The van der Waals surface area contributed by atoms with Crippen molar-refractivity contribution in [3.8, 4) is 0 Å². The first-order valence-corrected chi connectivity index (χ1v) is 8.61. The molecule has 3 rings (SSSR count). The van der Waals surface area contributed by atoms with Crippen molar-refractivity contribution in [3.63, 3.8) is 0 Å². The summed E-state index contributed by atoms with van der Waals surface area (Å²) in [7, 11) is 0. The highest BCUT2D eigenvalue weighted by Gasteiger charge is 2.30. The Morgan fingerprint density at radius 1 is 1.24 bits per heavy atom. The Hall–Kier alpha value is -2.69. The minimum Gasteiger partial charge on any atom is -0.348 e. The third-order valence-corrected chi connectivity index (χ3v) is 4.70. The zero-order valence-electron chi connectivity index (χ0n) is 14.6. The molecule has 2 aromatic rings. The quantitative estimate of drug-likeness (QED) is 0.933. The van der Waals surface area contributed by atoms with Crippen LogP contribution in [0.1, 0.15) is 49.2 Å². The highest BCUT2D eigenvalue weighted by Crippen LogP contribution is 2.32. The molecule has 1 N–H and O–H groups in total. The van der Waals surface area contributed by atoms with E-state index in [4.69, 9.17) is 0 Å². The summed E-state index contributed by atoms with van der Waals surface area (Å²) in [6, 6.07) is 13.3. The van der Waals surface area contributed by atoms with Crippen molar-refractivity contribution in [2.45, 2.75) is 38.8 Å². The fourth-order valence-electron chi connectivity index (χ4n) is 3.43. The Morgan fingerprint density at radius 2 is 2.00 bits per heavy atom. The van der Waals surface area contributed by atoms with E-state index in [9.17, 15) is 9.59 Å². The molecular weight excluding hydrogens is 314 g/mol. The van der Waals surface area contributed by atoms with Crippen LogP contribution >= 0.6 is 0 Å². The largest absolute Gasteiger partial charge is 0.348 e. The number of aromatic nitrogens is 1. The van der Waals surface area contributed by atoms with Crippen molar-refractivity contribution in [1.82, 2.24) is 15.2 Å². The third kappa shape index (κ3) is 3.87. The van der Waals surface area contributed by atoms with Crippen molar-refractivity contribution < 1.29 is 9.59 Å². The number of hydrogen-bond acceptors (Lipinski definition) is 3. The maximum absolute atomic E-state index is 12.6. The van der Waals surface area contributed by atoms with E-state index in [0.29, 0.717) is 6.54 Å². The Labute approximate surface area is 148 Å². The number of nitrogens with one attached hydrogen (secondary N) is 1. The van der Waals surface area contributed by atoms with Gasteiger partial charge in [-0.25, -0.2) is 0 Å². The molecule has 25 heavy (non-hydrogen) atoms. The van der Waals surface area contributed by atoms with E-state index in [2.05, 4.69) is 16.4 Å². The lowest BCUT2D eigenvalue weighted by molar-refractivity contribution is -0.133. The topological polar surface area (TPSA) is 62.3 Å². The Balaban J connectivity index is 1.75. The first-order valence-electron chi connectivity index (χ1n) is 8.61. The number of carbonyl (C=O) groups excluding carboxylic acids is 2. The lowest BCUT2D eigenvalue weighted by atomic mass is 9.90. The maximum Gasteiger partial charge on any atom is 0.222 e. The lowest BCUT2D eigenvalue weighted by Crippen LogP contribution is -2.41. The number of rotatable bonds is 4. The fourth-order valence-corrected chi connectivity index (χ4v) is 3.43. The molecule has 1 aromatic carbocycles. The number of carbonyl (C=O) groups is 2. The monoisotopic (exact) mass is 337 g/mol.